The van der Waals surface area contributed by atoms with Gasteiger partial charge in [-0.15, -0.1) is 0 Å². The molecule has 0 atom stereocenters. The molecule has 1 aliphatic rings. The fourth-order valence-corrected chi connectivity index (χ4v) is 4.24. The van der Waals surface area contributed by atoms with E-state index < -0.39 is 0 Å². The van der Waals surface area contributed by atoms with E-state index in [2.05, 4.69) is 0 Å². The number of aliphatic hydroxyl groups excluding tert-OH is 1. The van der Waals surface area contributed by atoms with Crippen molar-refractivity contribution in [3.63, 3.8) is 0 Å². The molecule has 0 spiro atoms. The standard InChI is InChI=1S/C27H33N3O5/c1-4-30(33)27(32)29-15-13-22(14-16-29)26-28-24(20-9-11-23(12-10-20)34-18(2)3)25(35-26)21-7-5-19(17-31)6-8-21/h5-12,18,22,31,33H,4,13-17H2,1-3H3. The number of hydrogen-bond acceptors (Lipinski definition) is 6. The van der Waals surface area contributed by atoms with Crippen molar-refractivity contribution in [3.05, 3.63) is 60.0 Å². The molecule has 2 N–H and O–H groups in total. The fraction of sp³-hybridized carbons (Fsp3) is 0.407. The average molecular weight is 480 g/mol. The van der Waals surface area contributed by atoms with Crippen molar-refractivity contribution in [2.45, 2.75) is 52.2 Å². The van der Waals surface area contributed by atoms with Gasteiger partial charge >= 0.3 is 6.03 Å². The molecule has 2 aromatic carbocycles. The van der Waals surface area contributed by atoms with Gasteiger partial charge in [-0.3, -0.25) is 5.21 Å². The molecule has 1 aromatic heterocycles. The second-order valence-electron chi connectivity index (χ2n) is 9.04. The number of benzene rings is 2. The lowest BCUT2D eigenvalue weighted by atomic mass is 9.97. The molecule has 0 aliphatic carbocycles. The number of carbonyl (C=O) groups is 1. The zero-order chi connectivity index (χ0) is 24.9. The van der Waals surface area contributed by atoms with Crippen LogP contribution in [0.5, 0.6) is 5.75 Å². The first-order chi connectivity index (χ1) is 16.9. The highest BCUT2D eigenvalue weighted by molar-refractivity contribution is 5.77. The maximum absolute atomic E-state index is 12.3. The monoisotopic (exact) mass is 479 g/mol. The first kappa shape index (κ1) is 24.8. The number of aliphatic hydroxyl groups is 1. The minimum absolute atomic E-state index is 0.0211. The van der Waals surface area contributed by atoms with Crippen LogP contribution in [0.15, 0.2) is 52.9 Å². The van der Waals surface area contributed by atoms with Crippen LogP contribution in [-0.2, 0) is 6.61 Å². The van der Waals surface area contributed by atoms with Gasteiger partial charge in [0.15, 0.2) is 11.7 Å². The largest absolute Gasteiger partial charge is 0.491 e. The molecule has 2 heterocycles. The van der Waals surface area contributed by atoms with Gasteiger partial charge in [-0.05, 0) is 63.4 Å². The molecule has 1 saturated heterocycles. The van der Waals surface area contributed by atoms with Crippen LogP contribution in [0.1, 0.15) is 51.0 Å². The Morgan fingerprint density at radius 2 is 1.74 bits per heavy atom. The summed E-state index contributed by atoms with van der Waals surface area (Å²) < 4.78 is 12.1. The molecule has 1 fully saturated rings. The van der Waals surface area contributed by atoms with Gasteiger partial charge in [0.1, 0.15) is 11.4 Å². The molecule has 1 aliphatic heterocycles. The molecule has 35 heavy (non-hydrogen) atoms. The molecule has 0 radical (unpaired) electrons. The number of rotatable bonds is 7. The average Bonchev–Trinajstić information content (AvgIpc) is 3.33. The molecular formula is C27H33N3O5. The maximum atomic E-state index is 12.3. The minimum Gasteiger partial charge on any atom is -0.491 e. The number of piperidine rings is 1. The van der Waals surface area contributed by atoms with E-state index in [1.807, 2.05) is 62.4 Å². The number of hydroxylamine groups is 2. The molecule has 0 bridgehead atoms. The summed E-state index contributed by atoms with van der Waals surface area (Å²) in [4.78, 5) is 18.9. The summed E-state index contributed by atoms with van der Waals surface area (Å²) in [7, 11) is 0. The Labute approximate surface area is 205 Å². The number of hydrogen-bond donors (Lipinski definition) is 2. The zero-order valence-electron chi connectivity index (χ0n) is 20.5. The molecule has 186 valence electrons. The third-order valence-electron chi connectivity index (χ3n) is 6.18. The number of carbonyl (C=O) groups excluding carboxylic acids is 1. The number of aromatic nitrogens is 1. The summed E-state index contributed by atoms with van der Waals surface area (Å²) in [6.45, 7) is 7.00. The van der Waals surface area contributed by atoms with Crippen LogP contribution < -0.4 is 4.74 Å². The lowest BCUT2D eigenvalue weighted by Gasteiger charge is -2.32. The lowest BCUT2D eigenvalue weighted by molar-refractivity contribution is -0.0543. The Kier molecular flexibility index (Phi) is 7.73. The third kappa shape index (κ3) is 5.66. The van der Waals surface area contributed by atoms with E-state index in [1.165, 1.54) is 0 Å². The number of ether oxygens (including phenoxy) is 1. The van der Waals surface area contributed by atoms with Gasteiger partial charge in [-0.2, -0.15) is 0 Å². The van der Waals surface area contributed by atoms with Crippen molar-refractivity contribution in [1.29, 1.82) is 0 Å². The van der Waals surface area contributed by atoms with Gasteiger partial charge in [0.05, 0.1) is 12.7 Å². The molecular weight excluding hydrogens is 446 g/mol. The summed E-state index contributed by atoms with van der Waals surface area (Å²) in [6.07, 6.45) is 1.49. The number of amides is 2. The highest BCUT2D eigenvalue weighted by Crippen LogP contribution is 2.38. The maximum Gasteiger partial charge on any atom is 0.343 e. The SMILES string of the molecule is CCN(O)C(=O)N1CCC(c2nc(-c3ccc(OC(C)C)cc3)c(-c3ccc(CO)cc3)o2)CC1. The fourth-order valence-electron chi connectivity index (χ4n) is 4.24. The minimum atomic E-state index is -0.368. The summed E-state index contributed by atoms with van der Waals surface area (Å²) in [6, 6.07) is 15.1. The van der Waals surface area contributed by atoms with E-state index in [9.17, 15) is 15.1 Å². The van der Waals surface area contributed by atoms with Crippen LogP contribution in [0.4, 0.5) is 4.79 Å². The van der Waals surface area contributed by atoms with Crippen molar-refractivity contribution in [2.75, 3.05) is 19.6 Å². The molecule has 3 aromatic rings. The van der Waals surface area contributed by atoms with Crippen LogP contribution >= 0.6 is 0 Å². The third-order valence-corrected chi connectivity index (χ3v) is 6.18. The zero-order valence-corrected chi connectivity index (χ0v) is 20.5. The summed E-state index contributed by atoms with van der Waals surface area (Å²) in [5.41, 5.74) is 3.37. The lowest BCUT2D eigenvalue weighted by Crippen LogP contribution is -2.45. The van der Waals surface area contributed by atoms with Crippen molar-refractivity contribution in [1.82, 2.24) is 14.9 Å². The molecule has 0 unspecified atom stereocenters. The van der Waals surface area contributed by atoms with Gasteiger partial charge in [-0.25, -0.2) is 14.8 Å². The van der Waals surface area contributed by atoms with Crippen molar-refractivity contribution in [3.8, 4) is 28.3 Å². The van der Waals surface area contributed by atoms with Crippen LogP contribution in [0.2, 0.25) is 0 Å². The Morgan fingerprint density at radius 3 is 2.31 bits per heavy atom. The molecule has 2 amide bonds. The van der Waals surface area contributed by atoms with Crippen molar-refractivity contribution in [2.24, 2.45) is 0 Å². The smallest absolute Gasteiger partial charge is 0.343 e. The summed E-state index contributed by atoms with van der Waals surface area (Å²) >= 11 is 0. The molecule has 4 rings (SSSR count). The number of oxazole rings is 1. The van der Waals surface area contributed by atoms with Crippen LogP contribution in [0.25, 0.3) is 22.6 Å². The molecule has 8 nitrogen and oxygen atoms in total. The predicted octanol–water partition coefficient (Wildman–Crippen LogP) is 5.30. The second-order valence-corrected chi connectivity index (χ2v) is 9.04. The van der Waals surface area contributed by atoms with Gasteiger partial charge < -0.3 is 19.2 Å². The van der Waals surface area contributed by atoms with Gasteiger partial charge in [-0.1, -0.05) is 24.3 Å². The molecule has 8 heteroatoms. The Bertz CT molecular complexity index is 1120. The van der Waals surface area contributed by atoms with Crippen LogP contribution in [-0.4, -0.2) is 57.0 Å². The first-order valence-corrected chi connectivity index (χ1v) is 12.1. The number of nitrogens with zero attached hydrogens (tertiary/aromatic N) is 3. The van der Waals surface area contributed by atoms with E-state index in [0.717, 1.165) is 33.2 Å². The topological polar surface area (TPSA) is 99.3 Å². The van der Waals surface area contributed by atoms with Gasteiger partial charge in [0.2, 0.25) is 0 Å². The van der Waals surface area contributed by atoms with E-state index in [0.29, 0.717) is 37.6 Å². The van der Waals surface area contributed by atoms with Crippen molar-refractivity contribution >= 4 is 6.03 Å². The summed E-state index contributed by atoms with van der Waals surface area (Å²) in [5, 5.41) is 19.9. The molecule has 0 saturated carbocycles. The van der Waals surface area contributed by atoms with Gasteiger partial charge in [0, 0.05) is 36.7 Å². The predicted molar refractivity (Wildman–Crippen MR) is 132 cm³/mol. The highest BCUT2D eigenvalue weighted by atomic mass is 16.5. The number of likely N-dealkylation sites (tertiary alicyclic amines) is 1. The van der Waals surface area contributed by atoms with Crippen LogP contribution in [0.3, 0.4) is 0 Å². The Morgan fingerprint density at radius 1 is 1.11 bits per heavy atom. The second kappa shape index (κ2) is 10.9. The van der Waals surface area contributed by atoms with E-state index in [1.54, 1.807) is 11.8 Å². The van der Waals surface area contributed by atoms with E-state index in [-0.39, 0.29) is 31.2 Å². The highest BCUT2D eigenvalue weighted by Gasteiger charge is 2.30. The normalized spacial score (nSPS) is 14.4. The van der Waals surface area contributed by atoms with Crippen molar-refractivity contribution < 1.29 is 24.3 Å². The van der Waals surface area contributed by atoms with Crippen LogP contribution in [0, 0.1) is 0 Å². The summed E-state index contributed by atoms with van der Waals surface area (Å²) in [5.74, 6) is 2.18. The number of urea groups is 1. The van der Waals surface area contributed by atoms with E-state index in [4.69, 9.17) is 14.1 Å². The van der Waals surface area contributed by atoms with Gasteiger partial charge in [0.25, 0.3) is 0 Å². The first-order valence-electron chi connectivity index (χ1n) is 12.1. The Balaban J connectivity index is 1.62. The Hall–Kier alpha value is -3.36. The van der Waals surface area contributed by atoms with E-state index >= 15 is 0 Å². The quantitative estimate of drug-likeness (QED) is 0.352.